The summed E-state index contributed by atoms with van der Waals surface area (Å²) in [6.45, 7) is 3.75. The van der Waals surface area contributed by atoms with E-state index in [1.807, 2.05) is 37.3 Å². The summed E-state index contributed by atoms with van der Waals surface area (Å²) in [7, 11) is 2.13. The maximum Gasteiger partial charge on any atom is 0.224 e. The van der Waals surface area contributed by atoms with Crippen molar-refractivity contribution in [3.63, 3.8) is 0 Å². The summed E-state index contributed by atoms with van der Waals surface area (Å²) in [6.07, 6.45) is 3.68. The van der Waals surface area contributed by atoms with E-state index in [9.17, 15) is 4.79 Å². The van der Waals surface area contributed by atoms with Crippen molar-refractivity contribution in [2.75, 3.05) is 20.1 Å². The van der Waals surface area contributed by atoms with Gasteiger partial charge in [0.05, 0.1) is 5.92 Å². The highest BCUT2D eigenvalue weighted by Crippen LogP contribution is 2.19. The number of hydrogen-bond acceptors (Lipinski definition) is 3. The van der Waals surface area contributed by atoms with Gasteiger partial charge in [0.1, 0.15) is 0 Å². The van der Waals surface area contributed by atoms with Crippen molar-refractivity contribution in [1.29, 1.82) is 0 Å². The molecule has 3 atom stereocenters. The average molecular weight is 289 g/mol. The number of likely N-dealkylation sites (tertiary alicyclic amines) is 1. The van der Waals surface area contributed by atoms with E-state index in [-0.39, 0.29) is 17.9 Å². The summed E-state index contributed by atoms with van der Waals surface area (Å²) in [6, 6.07) is 10.0. The van der Waals surface area contributed by atoms with Gasteiger partial charge in [-0.15, -0.1) is 0 Å². The highest BCUT2D eigenvalue weighted by molar-refractivity contribution is 5.79. The van der Waals surface area contributed by atoms with Crippen molar-refractivity contribution < 1.29 is 4.79 Å². The summed E-state index contributed by atoms with van der Waals surface area (Å²) < 4.78 is 0. The van der Waals surface area contributed by atoms with Crippen molar-refractivity contribution in [2.24, 2.45) is 11.7 Å². The molecule has 1 amide bonds. The molecule has 3 N–H and O–H groups in total. The number of nitrogens with two attached hydrogens (primary N) is 1. The molecule has 21 heavy (non-hydrogen) atoms. The van der Waals surface area contributed by atoms with E-state index in [0.717, 1.165) is 25.1 Å². The van der Waals surface area contributed by atoms with Gasteiger partial charge in [-0.3, -0.25) is 4.79 Å². The van der Waals surface area contributed by atoms with Gasteiger partial charge in [-0.2, -0.15) is 0 Å². The third kappa shape index (κ3) is 4.29. The number of piperidine rings is 1. The number of carbonyl (C=O) groups is 1. The molecule has 4 heteroatoms. The molecule has 3 unspecified atom stereocenters. The summed E-state index contributed by atoms with van der Waals surface area (Å²) in [5.74, 6) is -0.174. The van der Waals surface area contributed by atoms with Crippen molar-refractivity contribution in [3.8, 4) is 0 Å². The molecule has 0 aliphatic carbocycles. The first-order valence-corrected chi connectivity index (χ1v) is 7.88. The molecule has 1 aliphatic rings. The SMILES string of the molecule is CC(C(=O)NCC1CCCCN1C)C(N)c1ccccc1. The molecule has 2 rings (SSSR count). The molecular formula is C17H27N3O. The molecule has 0 spiro atoms. The number of benzene rings is 1. The molecule has 0 bridgehead atoms. The van der Waals surface area contributed by atoms with Crippen LogP contribution in [-0.2, 0) is 4.79 Å². The lowest BCUT2D eigenvalue weighted by Crippen LogP contribution is -2.46. The Kier molecular flexibility index (Phi) is 5.76. The van der Waals surface area contributed by atoms with Crippen LogP contribution >= 0.6 is 0 Å². The maximum absolute atomic E-state index is 12.3. The average Bonchev–Trinajstić information content (AvgIpc) is 2.53. The van der Waals surface area contributed by atoms with Gasteiger partial charge >= 0.3 is 0 Å². The fourth-order valence-electron chi connectivity index (χ4n) is 2.91. The molecule has 0 radical (unpaired) electrons. The minimum atomic E-state index is -0.254. The normalized spacial score (nSPS) is 22.5. The fraction of sp³-hybridized carbons (Fsp3) is 0.588. The quantitative estimate of drug-likeness (QED) is 0.870. The van der Waals surface area contributed by atoms with Gasteiger partial charge in [-0.1, -0.05) is 43.7 Å². The molecule has 1 fully saturated rings. The second kappa shape index (κ2) is 7.57. The van der Waals surface area contributed by atoms with Gasteiger partial charge in [0.2, 0.25) is 5.91 Å². The first-order chi connectivity index (χ1) is 10.1. The summed E-state index contributed by atoms with van der Waals surface area (Å²) in [4.78, 5) is 14.6. The third-order valence-corrected chi connectivity index (χ3v) is 4.57. The zero-order valence-corrected chi connectivity index (χ0v) is 13.1. The third-order valence-electron chi connectivity index (χ3n) is 4.57. The number of hydrogen-bond donors (Lipinski definition) is 2. The van der Waals surface area contributed by atoms with Gasteiger partial charge in [-0.05, 0) is 32.0 Å². The van der Waals surface area contributed by atoms with Crippen molar-refractivity contribution in [2.45, 2.75) is 38.3 Å². The van der Waals surface area contributed by atoms with Crippen LogP contribution in [0.15, 0.2) is 30.3 Å². The Morgan fingerprint density at radius 2 is 2.10 bits per heavy atom. The molecule has 1 saturated heterocycles. The summed E-state index contributed by atoms with van der Waals surface area (Å²) in [5, 5.41) is 3.07. The number of amides is 1. The van der Waals surface area contributed by atoms with Crippen molar-refractivity contribution in [3.05, 3.63) is 35.9 Å². The monoisotopic (exact) mass is 289 g/mol. The molecule has 0 aromatic heterocycles. The Labute approximate surface area is 127 Å². The first kappa shape index (κ1) is 16.0. The predicted octanol–water partition coefficient (Wildman–Crippen LogP) is 1.92. The number of nitrogens with zero attached hydrogens (tertiary/aromatic N) is 1. The van der Waals surface area contributed by atoms with Crippen LogP contribution in [0.3, 0.4) is 0 Å². The van der Waals surface area contributed by atoms with Gasteiger partial charge < -0.3 is 16.0 Å². The lowest BCUT2D eigenvalue weighted by Gasteiger charge is -2.33. The smallest absolute Gasteiger partial charge is 0.224 e. The van der Waals surface area contributed by atoms with Gasteiger partial charge in [-0.25, -0.2) is 0 Å². The Bertz CT molecular complexity index is 449. The van der Waals surface area contributed by atoms with E-state index >= 15 is 0 Å². The lowest BCUT2D eigenvalue weighted by molar-refractivity contribution is -0.125. The zero-order chi connectivity index (χ0) is 15.2. The molecule has 1 aromatic rings. The molecular weight excluding hydrogens is 262 g/mol. The van der Waals surface area contributed by atoms with E-state index in [1.54, 1.807) is 0 Å². The Hall–Kier alpha value is -1.39. The van der Waals surface area contributed by atoms with E-state index in [4.69, 9.17) is 5.73 Å². The molecule has 1 heterocycles. The van der Waals surface area contributed by atoms with Gasteiger partial charge in [0.15, 0.2) is 0 Å². The summed E-state index contributed by atoms with van der Waals surface area (Å²) >= 11 is 0. The number of carbonyl (C=O) groups excluding carboxylic acids is 1. The predicted molar refractivity (Wildman–Crippen MR) is 85.8 cm³/mol. The second-order valence-electron chi connectivity index (χ2n) is 6.10. The minimum absolute atomic E-state index is 0.0466. The Balaban J connectivity index is 1.85. The Morgan fingerprint density at radius 1 is 1.38 bits per heavy atom. The van der Waals surface area contributed by atoms with Gasteiger partial charge in [0.25, 0.3) is 0 Å². The van der Waals surface area contributed by atoms with Crippen LogP contribution in [0.5, 0.6) is 0 Å². The van der Waals surface area contributed by atoms with Crippen molar-refractivity contribution >= 4 is 5.91 Å². The second-order valence-corrected chi connectivity index (χ2v) is 6.10. The molecule has 4 nitrogen and oxygen atoms in total. The van der Waals surface area contributed by atoms with Crippen LogP contribution in [0.25, 0.3) is 0 Å². The summed E-state index contributed by atoms with van der Waals surface area (Å²) in [5.41, 5.74) is 7.21. The number of likely N-dealkylation sites (N-methyl/N-ethyl adjacent to an activating group) is 1. The molecule has 1 aliphatic heterocycles. The highest BCUT2D eigenvalue weighted by Gasteiger charge is 2.24. The minimum Gasteiger partial charge on any atom is -0.354 e. The van der Waals surface area contributed by atoms with Crippen LogP contribution in [0.2, 0.25) is 0 Å². The number of nitrogens with one attached hydrogen (secondary N) is 1. The Morgan fingerprint density at radius 3 is 2.76 bits per heavy atom. The van der Waals surface area contributed by atoms with Crippen LogP contribution in [0.4, 0.5) is 0 Å². The number of rotatable bonds is 5. The zero-order valence-electron chi connectivity index (χ0n) is 13.1. The fourth-order valence-corrected chi connectivity index (χ4v) is 2.91. The topological polar surface area (TPSA) is 58.4 Å². The van der Waals surface area contributed by atoms with Crippen molar-refractivity contribution in [1.82, 2.24) is 10.2 Å². The maximum atomic E-state index is 12.3. The van der Waals surface area contributed by atoms with Gasteiger partial charge in [0, 0.05) is 18.6 Å². The first-order valence-electron chi connectivity index (χ1n) is 7.88. The molecule has 1 aromatic carbocycles. The van der Waals surface area contributed by atoms with Crippen LogP contribution in [-0.4, -0.2) is 37.0 Å². The highest BCUT2D eigenvalue weighted by atomic mass is 16.1. The largest absolute Gasteiger partial charge is 0.354 e. The van der Waals surface area contributed by atoms with E-state index < -0.39 is 0 Å². The van der Waals surface area contributed by atoms with Crippen LogP contribution in [0.1, 0.15) is 37.8 Å². The van der Waals surface area contributed by atoms with E-state index in [1.165, 1.54) is 12.8 Å². The molecule has 0 saturated carbocycles. The van der Waals surface area contributed by atoms with E-state index in [0.29, 0.717) is 6.04 Å². The molecule has 116 valence electrons. The lowest BCUT2D eigenvalue weighted by atomic mass is 9.94. The standard InChI is InChI=1S/C17H27N3O/c1-13(16(18)14-8-4-3-5-9-14)17(21)19-12-15-10-6-7-11-20(15)2/h3-5,8-9,13,15-16H,6-7,10-12,18H2,1-2H3,(H,19,21). The van der Waals surface area contributed by atoms with E-state index in [2.05, 4.69) is 17.3 Å². The van der Waals surface area contributed by atoms with Crippen LogP contribution < -0.4 is 11.1 Å². The van der Waals surface area contributed by atoms with Crippen LogP contribution in [0, 0.1) is 5.92 Å².